The van der Waals surface area contributed by atoms with Crippen LogP contribution in [0.2, 0.25) is 10.0 Å². The van der Waals surface area contributed by atoms with E-state index < -0.39 is 29.5 Å². The maximum atomic E-state index is 13.2. The maximum absolute atomic E-state index is 13.2. The molecule has 144 valence electrons. The van der Waals surface area contributed by atoms with Gasteiger partial charge in [0.2, 0.25) is 11.8 Å². The SMILES string of the molecule is C[C@H](C(=O)c1ccccc1)N(C(=O)c1ccc(Cl)c(Cl)c1)N1C(=O)CCC1=O. The minimum absolute atomic E-state index is 0.0176. The Morgan fingerprint density at radius 1 is 0.929 bits per heavy atom. The highest BCUT2D eigenvalue weighted by molar-refractivity contribution is 6.42. The molecule has 0 aliphatic carbocycles. The summed E-state index contributed by atoms with van der Waals surface area (Å²) in [7, 11) is 0. The van der Waals surface area contributed by atoms with Gasteiger partial charge in [0.25, 0.3) is 5.91 Å². The lowest BCUT2D eigenvalue weighted by Gasteiger charge is -2.34. The number of hydrogen-bond donors (Lipinski definition) is 0. The number of imide groups is 1. The molecule has 0 spiro atoms. The van der Waals surface area contributed by atoms with E-state index in [9.17, 15) is 19.2 Å². The fraction of sp³-hybridized carbons (Fsp3) is 0.200. The van der Waals surface area contributed by atoms with Gasteiger partial charge in [-0.1, -0.05) is 53.5 Å². The number of hydrazine groups is 1. The average molecular weight is 419 g/mol. The maximum Gasteiger partial charge on any atom is 0.273 e. The van der Waals surface area contributed by atoms with Crippen molar-refractivity contribution in [1.82, 2.24) is 10.0 Å². The molecule has 2 aromatic rings. The van der Waals surface area contributed by atoms with Gasteiger partial charge in [0.15, 0.2) is 5.78 Å². The molecule has 1 aliphatic rings. The summed E-state index contributed by atoms with van der Waals surface area (Å²) in [5.74, 6) is -2.17. The number of nitrogens with zero attached hydrogens (tertiary/aromatic N) is 2. The van der Waals surface area contributed by atoms with Gasteiger partial charge in [-0.3, -0.25) is 19.2 Å². The van der Waals surface area contributed by atoms with Gasteiger partial charge in [0, 0.05) is 24.0 Å². The minimum Gasteiger partial charge on any atom is -0.292 e. The summed E-state index contributed by atoms with van der Waals surface area (Å²) in [6.07, 6.45) is -0.0352. The van der Waals surface area contributed by atoms with E-state index in [1.165, 1.54) is 25.1 Å². The van der Waals surface area contributed by atoms with Crippen molar-refractivity contribution < 1.29 is 19.2 Å². The third-order valence-electron chi connectivity index (χ3n) is 4.42. The molecular weight excluding hydrogens is 403 g/mol. The third-order valence-corrected chi connectivity index (χ3v) is 5.16. The van der Waals surface area contributed by atoms with Crippen LogP contribution in [0.4, 0.5) is 0 Å². The lowest BCUT2D eigenvalue weighted by Crippen LogP contribution is -2.55. The molecule has 0 radical (unpaired) electrons. The molecule has 2 aromatic carbocycles. The highest BCUT2D eigenvalue weighted by atomic mass is 35.5. The van der Waals surface area contributed by atoms with Crippen LogP contribution in [0.25, 0.3) is 0 Å². The Morgan fingerprint density at radius 2 is 1.54 bits per heavy atom. The first-order valence-corrected chi connectivity index (χ1v) is 9.30. The summed E-state index contributed by atoms with van der Waals surface area (Å²) in [4.78, 5) is 50.7. The zero-order valence-corrected chi connectivity index (χ0v) is 16.4. The van der Waals surface area contributed by atoms with Crippen LogP contribution in [0.5, 0.6) is 0 Å². The van der Waals surface area contributed by atoms with Crippen molar-refractivity contribution in [3.05, 3.63) is 69.7 Å². The number of hydrogen-bond acceptors (Lipinski definition) is 4. The van der Waals surface area contributed by atoms with Crippen LogP contribution in [0.1, 0.15) is 40.5 Å². The predicted octanol–water partition coefficient (Wildman–Crippen LogP) is 3.77. The van der Waals surface area contributed by atoms with Crippen molar-refractivity contribution >= 4 is 46.7 Å². The van der Waals surface area contributed by atoms with Crippen LogP contribution < -0.4 is 0 Å². The summed E-state index contributed by atoms with van der Waals surface area (Å²) < 4.78 is 0. The van der Waals surface area contributed by atoms with Gasteiger partial charge in [-0.25, -0.2) is 5.01 Å². The second-order valence-corrected chi connectivity index (χ2v) is 7.10. The van der Waals surface area contributed by atoms with Gasteiger partial charge >= 0.3 is 0 Å². The van der Waals surface area contributed by atoms with Crippen molar-refractivity contribution in [3.8, 4) is 0 Å². The number of amides is 3. The van der Waals surface area contributed by atoms with Crippen molar-refractivity contribution in [2.75, 3.05) is 0 Å². The predicted molar refractivity (Wildman–Crippen MR) is 104 cm³/mol. The molecule has 6 nitrogen and oxygen atoms in total. The number of rotatable bonds is 5. The third kappa shape index (κ3) is 3.79. The Morgan fingerprint density at radius 3 is 2.11 bits per heavy atom. The first kappa shape index (κ1) is 20.0. The Bertz CT molecular complexity index is 946. The molecule has 3 rings (SSSR count). The van der Waals surface area contributed by atoms with Crippen molar-refractivity contribution in [2.24, 2.45) is 0 Å². The lowest BCUT2D eigenvalue weighted by atomic mass is 10.0. The molecule has 8 heteroatoms. The highest BCUT2D eigenvalue weighted by Crippen LogP contribution is 2.26. The summed E-state index contributed by atoms with van der Waals surface area (Å²) in [6.45, 7) is 1.48. The van der Waals surface area contributed by atoms with E-state index in [2.05, 4.69) is 0 Å². The van der Waals surface area contributed by atoms with Crippen molar-refractivity contribution in [2.45, 2.75) is 25.8 Å². The summed E-state index contributed by atoms with van der Waals surface area (Å²) in [6, 6.07) is 11.5. The molecule has 1 aliphatic heterocycles. The number of halogens is 2. The molecule has 0 N–H and O–H groups in total. The van der Waals surface area contributed by atoms with Crippen molar-refractivity contribution in [1.29, 1.82) is 0 Å². The minimum atomic E-state index is -1.09. The largest absolute Gasteiger partial charge is 0.292 e. The molecule has 1 fully saturated rings. The van der Waals surface area contributed by atoms with Gasteiger partial charge in [-0.2, -0.15) is 5.01 Å². The second-order valence-electron chi connectivity index (χ2n) is 6.28. The molecule has 0 aromatic heterocycles. The van der Waals surface area contributed by atoms with E-state index >= 15 is 0 Å². The fourth-order valence-electron chi connectivity index (χ4n) is 2.96. The Balaban J connectivity index is 2.03. The Hall–Kier alpha value is -2.70. The first-order valence-electron chi connectivity index (χ1n) is 8.55. The number of ketones is 1. The van der Waals surface area contributed by atoms with Crippen molar-refractivity contribution in [3.63, 3.8) is 0 Å². The van der Waals surface area contributed by atoms with Crippen LogP contribution >= 0.6 is 23.2 Å². The average Bonchev–Trinajstić information content (AvgIpc) is 3.02. The van der Waals surface area contributed by atoms with E-state index in [1.54, 1.807) is 30.3 Å². The van der Waals surface area contributed by atoms with Crippen LogP contribution in [0.15, 0.2) is 48.5 Å². The van der Waals surface area contributed by atoms with Gasteiger partial charge in [-0.05, 0) is 25.1 Å². The van der Waals surface area contributed by atoms with Gasteiger partial charge < -0.3 is 0 Å². The molecule has 1 heterocycles. The van der Waals surface area contributed by atoms with E-state index in [1.807, 2.05) is 0 Å². The molecule has 0 bridgehead atoms. The van der Waals surface area contributed by atoms with E-state index in [-0.39, 0.29) is 28.5 Å². The Labute approximate surface area is 171 Å². The van der Waals surface area contributed by atoms with Gasteiger partial charge in [0.1, 0.15) is 6.04 Å². The molecule has 28 heavy (non-hydrogen) atoms. The normalized spacial score (nSPS) is 14.9. The summed E-state index contributed by atoms with van der Waals surface area (Å²) in [5.41, 5.74) is 0.468. The molecule has 1 atom stereocenters. The summed E-state index contributed by atoms with van der Waals surface area (Å²) >= 11 is 11.9. The summed E-state index contributed by atoms with van der Waals surface area (Å²) in [5, 5.41) is 2.07. The number of benzene rings is 2. The monoisotopic (exact) mass is 418 g/mol. The number of carbonyl (C=O) groups excluding carboxylic acids is 4. The topological polar surface area (TPSA) is 74.8 Å². The molecule has 0 saturated carbocycles. The standard InChI is InChI=1S/C20H16Cl2N2O4/c1-12(19(27)13-5-3-2-4-6-13)23(24-17(25)9-10-18(24)26)20(28)14-7-8-15(21)16(22)11-14/h2-8,11-12H,9-10H2,1H3/t12-/m1/s1. The Kier molecular flexibility index (Phi) is 5.82. The van der Waals surface area contributed by atoms with E-state index in [0.717, 1.165) is 10.0 Å². The number of Topliss-reactive ketones (excluding diaryl/α,β-unsaturated/α-hetero) is 1. The van der Waals surface area contributed by atoms with Gasteiger partial charge in [0.05, 0.1) is 10.0 Å². The number of carbonyl (C=O) groups is 4. The molecule has 1 saturated heterocycles. The molecular formula is C20H16Cl2N2O4. The van der Waals surface area contributed by atoms with Crippen LogP contribution in [-0.2, 0) is 9.59 Å². The quantitative estimate of drug-likeness (QED) is 0.546. The fourth-order valence-corrected chi connectivity index (χ4v) is 3.26. The van der Waals surface area contributed by atoms with E-state index in [4.69, 9.17) is 23.2 Å². The van der Waals surface area contributed by atoms with Crippen LogP contribution in [-0.4, -0.2) is 39.6 Å². The smallest absolute Gasteiger partial charge is 0.273 e. The lowest BCUT2D eigenvalue weighted by molar-refractivity contribution is -0.154. The van der Waals surface area contributed by atoms with Crippen LogP contribution in [0, 0.1) is 0 Å². The van der Waals surface area contributed by atoms with E-state index in [0.29, 0.717) is 5.56 Å². The highest BCUT2D eigenvalue weighted by Gasteiger charge is 2.41. The first-order chi connectivity index (χ1) is 13.3. The molecule has 3 amide bonds. The molecule has 0 unspecified atom stereocenters. The van der Waals surface area contributed by atoms with Crippen LogP contribution in [0.3, 0.4) is 0 Å². The zero-order chi connectivity index (χ0) is 20.4. The van der Waals surface area contributed by atoms with Gasteiger partial charge in [-0.15, -0.1) is 0 Å². The zero-order valence-electron chi connectivity index (χ0n) is 14.9. The second kappa shape index (κ2) is 8.12.